The summed E-state index contributed by atoms with van der Waals surface area (Å²) in [4.78, 5) is 12.0. The van der Waals surface area contributed by atoms with Gasteiger partial charge in [-0.05, 0) is 63.4 Å². The standard InChI is InChI=1S/C11H9I2N3O2/c12-6-3-8(10(17)9(13)4-6)11(18)14-5-7-1-2-15-16-7/h1-4,17H,5H2,(H,14,18)(H,15,16). The summed E-state index contributed by atoms with van der Waals surface area (Å²) >= 11 is 4.10. The van der Waals surface area contributed by atoms with E-state index in [1.54, 1.807) is 18.3 Å². The Labute approximate surface area is 131 Å². The zero-order chi connectivity index (χ0) is 13.1. The summed E-state index contributed by atoms with van der Waals surface area (Å²) in [6.45, 7) is 0.348. The van der Waals surface area contributed by atoms with Gasteiger partial charge < -0.3 is 10.4 Å². The van der Waals surface area contributed by atoms with Gasteiger partial charge in [0.05, 0.1) is 21.4 Å². The number of hydrogen-bond acceptors (Lipinski definition) is 3. The second kappa shape index (κ2) is 5.87. The van der Waals surface area contributed by atoms with Crippen LogP contribution in [0.4, 0.5) is 0 Å². The number of benzene rings is 1. The van der Waals surface area contributed by atoms with E-state index in [2.05, 4.69) is 38.1 Å². The first-order chi connectivity index (χ1) is 8.58. The van der Waals surface area contributed by atoms with Gasteiger partial charge in [0, 0.05) is 9.77 Å². The fraction of sp³-hybridized carbons (Fsp3) is 0.0909. The molecule has 0 aliphatic carbocycles. The molecule has 0 saturated heterocycles. The molecule has 1 amide bonds. The summed E-state index contributed by atoms with van der Waals surface area (Å²) in [6.07, 6.45) is 1.62. The Kier molecular flexibility index (Phi) is 4.43. The summed E-state index contributed by atoms with van der Waals surface area (Å²) in [6, 6.07) is 5.24. The molecule has 0 spiro atoms. The van der Waals surface area contributed by atoms with Crippen LogP contribution in [0.1, 0.15) is 16.1 Å². The third-order valence-electron chi connectivity index (χ3n) is 2.27. The lowest BCUT2D eigenvalue weighted by Crippen LogP contribution is -2.23. The van der Waals surface area contributed by atoms with Crippen LogP contribution in [-0.2, 0) is 6.54 Å². The molecule has 5 nitrogen and oxygen atoms in total. The Hall–Kier alpha value is -0.840. The normalized spacial score (nSPS) is 10.3. The zero-order valence-corrected chi connectivity index (χ0v) is 13.4. The van der Waals surface area contributed by atoms with Gasteiger partial charge in [-0.1, -0.05) is 0 Å². The molecule has 0 unspecified atom stereocenters. The molecule has 1 heterocycles. The van der Waals surface area contributed by atoms with E-state index >= 15 is 0 Å². The summed E-state index contributed by atoms with van der Waals surface area (Å²) < 4.78 is 1.56. The Morgan fingerprint density at radius 2 is 2.22 bits per heavy atom. The van der Waals surface area contributed by atoms with Gasteiger partial charge in [-0.3, -0.25) is 9.89 Å². The zero-order valence-electron chi connectivity index (χ0n) is 9.08. The van der Waals surface area contributed by atoms with Crippen LogP contribution in [-0.4, -0.2) is 21.2 Å². The Morgan fingerprint density at radius 1 is 1.44 bits per heavy atom. The number of rotatable bonds is 3. The Morgan fingerprint density at radius 3 is 2.89 bits per heavy atom. The fourth-order valence-electron chi connectivity index (χ4n) is 1.39. The molecular weight excluding hydrogens is 460 g/mol. The highest BCUT2D eigenvalue weighted by molar-refractivity contribution is 14.1. The maximum atomic E-state index is 12.0. The number of aromatic amines is 1. The largest absolute Gasteiger partial charge is 0.506 e. The van der Waals surface area contributed by atoms with Crippen LogP contribution in [0.2, 0.25) is 0 Å². The average molecular weight is 469 g/mol. The third kappa shape index (κ3) is 3.13. The lowest BCUT2D eigenvalue weighted by atomic mass is 10.2. The summed E-state index contributed by atoms with van der Waals surface area (Å²) in [5.74, 6) is -0.295. The van der Waals surface area contributed by atoms with Gasteiger partial charge in [0.25, 0.3) is 5.91 Å². The number of amides is 1. The highest BCUT2D eigenvalue weighted by Crippen LogP contribution is 2.26. The van der Waals surface area contributed by atoms with Crippen LogP contribution in [0, 0.1) is 7.14 Å². The second-order valence-electron chi connectivity index (χ2n) is 3.55. The van der Waals surface area contributed by atoms with Gasteiger partial charge in [0.2, 0.25) is 0 Å². The maximum Gasteiger partial charge on any atom is 0.255 e. The van der Waals surface area contributed by atoms with Crippen molar-refractivity contribution in [1.29, 1.82) is 0 Å². The minimum Gasteiger partial charge on any atom is -0.506 e. The van der Waals surface area contributed by atoms with E-state index in [0.717, 1.165) is 9.26 Å². The van der Waals surface area contributed by atoms with E-state index < -0.39 is 0 Å². The second-order valence-corrected chi connectivity index (χ2v) is 5.96. The van der Waals surface area contributed by atoms with Crippen molar-refractivity contribution in [3.8, 4) is 5.75 Å². The minimum atomic E-state index is -0.307. The Bertz CT molecular complexity index is 570. The molecule has 0 aliphatic rings. The number of phenols is 1. The molecule has 0 atom stereocenters. The minimum absolute atomic E-state index is 0.0122. The molecule has 0 aliphatic heterocycles. The Balaban J connectivity index is 2.14. The van der Waals surface area contributed by atoms with Crippen molar-refractivity contribution in [3.63, 3.8) is 0 Å². The van der Waals surface area contributed by atoms with Gasteiger partial charge in [0.15, 0.2) is 0 Å². The van der Waals surface area contributed by atoms with Crippen molar-refractivity contribution >= 4 is 51.1 Å². The van der Waals surface area contributed by atoms with Crippen molar-refractivity contribution in [1.82, 2.24) is 15.5 Å². The predicted molar refractivity (Wildman–Crippen MR) is 83.3 cm³/mol. The van der Waals surface area contributed by atoms with Crippen molar-refractivity contribution < 1.29 is 9.90 Å². The number of nitrogens with zero attached hydrogens (tertiary/aromatic N) is 1. The fourth-order valence-corrected chi connectivity index (χ4v) is 3.24. The van der Waals surface area contributed by atoms with E-state index in [4.69, 9.17) is 0 Å². The van der Waals surface area contributed by atoms with Crippen LogP contribution in [0.5, 0.6) is 5.75 Å². The van der Waals surface area contributed by atoms with Crippen molar-refractivity contribution in [2.45, 2.75) is 6.54 Å². The number of aromatic hydroxyl groups is 1. The number of nitrogens with one attached hydrogen (secondary N) is 2. The van der Waals surface area contributed by atoms with Gasteiger partial charge in [-0.25, -0.2) is 0 Å². The van der Waals surface area contributed by atoms with Crippen LogP contribution >= 0.6 is 45.2 Å². The number of carbonyl (C=O) groups is 1. The van der Waals surface area contributed by atoms with Crippen molar-refractivity contribution in [2.24, 2.45) is 0 Å². The van der Waals surface area contributed by atoms with Gasteiger partial charge in [-0.2, -0.15) is 5.10 Å². The maximum absolute atomic E-state index is 12.0. The number of aromatic nitrogens is 2. The number of hydrogen-bond donors (Lipinski definition) is 3. The van der Waals surface area contributed by atoms with E-state index in [-0.39, 0.29) is 17.2 Å². The molecule has 7 heteroatoms. The van der Waals surface area contributed by atoms with E-state index in [0.29, 0.717) is 10.1 Å². The molecule has 1 aromatic heterocycles. The van der Waals surface area contributed by atoms with Crippen LogP contribution < -0.4 is 5.32 Å². The molecule has 1 aromatic carbocycles. The number of phenolic OH excluding ortho intramolecular Hbond substituents is 1. The molecule has 0 radical (unpaired) electrons. The lowest BCUT2D eigenvalue weighted by Gasteiger charge is -2.08. The quantitative estimate of drug-likeness (QED) is 0.605. The first kappa shape index (κ1) is 13.6. The molecule has 0 bridgehead atoms. The number of H-pyrrole nitrogens is 1. The van der Waals surface area contributed by atoms with Gasteiger partial charge in [-0.15, -0.1) is 0 Å². The molecule has 18 heavy (non-hydrogen) atoms. The highest BCUT2D eigenvalue weighted by atomic mass is 127. The van der Waals surface area contributed by atoms with E-state index in [9.17, 15) is 9.90 Å². The van der Waals surface area contributed by atoms with E-state index in [1.165, 1.54) is 0 Å². The van der Waals surface area contributed by atoms with Gasteiger partial charge in [0.1, 0.15) is 5.75 Å². The average Bonchev–Trinajstić information content (AvgIpc) is 2.83. The summed E-state index contributed by atoms with van der Waals surface area (Å²) in [5.41, 5.74) is 1.09. The molecule has 2 rings (SSSR count). The van der Waals surface area contributed by atoms with Crippen molar-refractivity contribution in [2.75, 3.05) is 0 Å². The van der Waals surface area contributed by atoms with Crippen LogP contribution in [0.15, 0.2) is 24.4 Å². The topological polar surface area (TPSA) is 78.0 Å². The molecule has 2 aromatic rings. The third-order valence-corrected chi connectivity index (χ3v) is 3.72. The molecule has 0 saturated carbocycles. The van der Waals surface area contributed by atoms with Crippen LogP contribution in [0.25, 0.3) is 0 Å². The first-order valence-corrected chi connectivity index (χ1v) is 7.18. The molecule has 0 fully saturated rings. The SMILES string of the molecule is O=C(NCc1ccn[nH]1)c1cc(I)cc(I)c1O. The smallest absolute Gasteiger partial charge is 0.255 e. The summed E-state index contributed by atoms with van der Waals surface area (Å²) in [5, 5.41) is 19.1. The van der Waals surface area contributed by atoms with Crippen LogP contribution in [0.3, 0.4) is 0 Å². The monoisotopic (exact) mass is 469 g/mol. The number of halogens is 2. The molecule has 3 N–H and O–H groups in total. The first-order valence-electron chi connectivity index (χ1n) is 5.02. The molecular formula is C11H9I2N3O2. The van der Waals surface area contributed by atoms with E-state index in [1.807, 2.05) is 28.7 Å². The van der Waals surface area contributed by atoms with Gasteiger partial charge >= 0.3 is 0 Å². The lowest BCUT2D eigenvalue weighted by molar-refractivity contribution is 0.0947. The highest BCUT2D eigenvalue weighted by Gasteiger charge is 2.14. The summed E-state index contributed by atoms with van der Waals surface area (Å²) in [7, 11) is 0. The predicted octanol–water partition coefficient (Wildman–Crippen LogP) is 2.25. The molecule has 94 valence electrons. The number of carbonyl (C=O) groups excluding carboxylic acids is 1. The van der Waals surface area contributed by atoms with Crippen molar-refractivity contribution in [3.05, 3.63) is 42.8 Å².